The molecule has 0 amide bonds. The summed E-state index contributed by atoms with van der Waals surface area (Å²) in [5, 5.41) is 13.7. The van der Waals surface area contributed by atoms with Gasteiger partial charge in [0.15, 0.2) is 11.6 Å². The number of halogens is 3. The first-order chi connectivity index (χ1) is 21.6. The van der Waals surface area contributed by atoms with Gasteiger partial charge in [-0.05, 0) is 85.9 Å². The molecule has 45 heavy (non-hydrogen) atoms. The molecular formula is C35H45F3N4O3. The molecule has 0 unspecified atom stereocenters. The minimum absolute atomic E-state index is 0.00641. The van der Waals surface area contributed by atoms with E-state index in [9.17, 15) is 18.7 Å². The van der Waals surface area contributed by atoms with Gasteiger partial charge in [-0.3, -0.25) is 9.69 Å². The average Bonchev–Trinajstić information content (AvgIpc) is 3.47. The summed E-state index contributed by atoms with van der Waals surface area (Å²) < 4.78 is 49.4. The number of fused-ring (bicyclic) bond motifs is 1. The maximum atomic E-state index is 15.1. The van der Waals surface area contributed by atoms with Crippen molar-refractivity contribution in [2.45, 2.75) is 89.1 Å². The summed E-state index contributed by atoms with van der Waals surface area (Å²) in [5.74, 6) is -3.71. The molecule has 1 fully saturated rings. The van der Waals surface area contributed by atoms with Gasteiger partial charge >= 0.3 is 5.97 Å². The number of nitrogens with zero attached hydrogens (tertiary/aromatic N) is 3. The number of carboxylic acid groups (broad SMARTS) is 1. The highest BCUT2D eigenvalue weighted by Crippen LogP contribution is 2.39. The van der Waals surface area contributed by atoms with Crippen LogP contribution < -0.4 is 10.1 Å². The Morgan fingerprint density at radius 1 is 1.24 bits per heavy atom. The quantitative estimate of drug-likeness (QED) is 0.230. The zero-order valence-corrected chi connectivity index (χ0v) is 26.5. The number of ether oxygens (including phenoxy) is 1. The van der Waals surface area contributed by atoms with Crippen molar-refractivity contribution in [2.75, 3.05) is 38.6 Å². The third-order valence-corrected chi connectivity index (χ3v) is 9.19. The van der Waals surface area contributed by atoms with E-state index in [1.807, 2.05) is 18.7 Å². The van der Waals surface area contributed by atoms with Crippen molar-refractivity contribution in [3.05, 3.63) is 76.4 Å². The van der Waals surface area contributed by atoms with Gasteiger partial charge in [0.2, 0.25) is 0 Å². The van der Waals surface area contributed by atoms with Crippen LogP contribution in [-0.4, -0.2) is 71.1 Å². The fraction of sp³-hybridized carbons (Fsp3) is 0.543. The Morgan fingerprint density at radius 2 is 2.07 bits per heavy atom. The molecule has 0 bridgehead atoms. The van der Waals surface area contributed by atoms with Gasteiger partial charge in [0.25, 0.3) is 5.92 Å². The predicted octanol–water partition coefficient (Wildman–Crippen LogP) is 7.10. The van der Waals surface area contributed by atoms with E-state index in [2.05, 4.69) is 22.3 Å². The molecule has 1 aromatic carbocycles. The van der Waals surface area contributed by atoms with Crippen LogP contribution in [0.25, 0.3) is 0 Å². The SMILES string of the molecule is COc1c(F)cc(C(C)C)cc1[C@H](C(=O)O)N1CC[C@H](N(CCCCCc2ccc3c(n2)NCCC3)C2=CC=CC(F)(F)C2)C1. The summed E-state index contributed by atoms with van der Waals surface area (Å²) >= 11 is 0. The second-order valence-corrected chi connectivity index (χ2v) is 12.8. The molecule has 3 aliphatic rings. The molecule has 244 valence electrons. The van der Waals surface area contributed by atoms with Crippen molar-refractivity contribution in [2.24, 2.45) is 0 Å². The van der Waals surface area contributed by atoms with Crippen LogP contribution in [0.3, 0.4) is 0 Å². The van der Waals surface area contributed by atoms with Crippen molar-refractivity contribution in [3.8, 4) is 5.75 Å². The zero-order valence-electron chi connectivity index (χ0n) is 26.5. The number of benzene rings is 1. The first kappa shape index (κ1) is 32.9. The summed E-state index contributed by atoms with van der Waals surface area (Å²) in [4.78, 5) is 21.3. The Bertz CT molecular complexity index is 1430. The van der Waals surface area contributed by atoms with Crippen molar-refractivity contribution in [1.29, 1.82) is 0 Å². The molecule has 2 aromatic rings. The molecule has 1 saturated heterocycles. The molecule has 3 heterocycles. The maximum absolute atomic E-state index is 15.1. The standard InChI is InChI=1S/C35H45F3N4O3/c1-23(2)25-19-29(32(45-3)30(36)20-25)31(34(43)44)41-18-14-28(22-41)42(27-11-7-15-35(37,38)21-27)17-6-4-5-10-26-13-12-24-9-8-16-39-33(24)40-26/h7,11-13,15,19-20,23,28,31H,4-6,8-10,14,16-18,21-22H2,1-3H3,(H,39,40)(H,43,44)/t28-,31+/m0/s1. The number of alkyl halides is 2. The Morgan fingerprint density at radius 3 is 2.80 bits per heavy atom. The van der Waals surface area contributed by atoms with E-state index >= 15 is 4.39 Å². The molecule has 10 heteroatoms. The molecule has 0 spiro atoms. The number of methoxy groups -OCH3 is 1. The van der Waals surface area contributed by atoms with E-state index in [1.54, 1.807) is 12.1 Å². The number of carboxylic acids is 1. The van der Waals surface area contributed by atoms with Crippen molar-refractivity contribution < 1.29 is 27.8 Å². The minimum Gasteiger partial charge on any atom is -0.493 e. The van der Waals surface area contributed by atoms with Crippen LogP contribution in [0.2, 0.25) is 0 Å². The third-order valence-electron chi connectivity index (χ3n) is 9.19. The number of aryl methyl sites for hydroxylation is 2. The number of carbonyl (C=O) groups is 1. The number of nitrogens with one attached hydrogen (secondary N) is 1. The Hall–Kier alpha value is -3.53. The summed E-state index contributed by atoms with van der Waals surface area (Å²) in [5.41, 5.74) is 3.85. The largest absolute Gasteiger partial charge is 0.493 e. The van der Waals surface area contributed by atoms with Crippen LogP contribution >= 0.6 is 0 Å². The number of rotatable bonds is 13. The van der Waals surface area contributed by atoms with Gasteiger partial charge in [0.1, 0.15) is 11.9 Å². The molecule has 2 N–H and O–H groups in total. The van der Waals surface area contributed by atoms with Gasteiger partial charge in [0.05, 0.1) is 13.5 Å². The fourth-order valence-corrected chi connectivity index (χ4v) is 6.82. The lowest BCUT2D eigenvalue weighted by Gasteiger charge is -2.36. The van der Waals surface area contributed by atoms with Crippen LogP contribution in [-0.2, 0) is 17.6 Å². The first-order valence-electron chi connectivity index (χ1n) is 16.2. The summed E-state index contributed by atoms with van der Waals surface area (Å²) in [6.45, 7) is 6.18. The number of aliphatic carboxylic acids is 1. The lowest BCUT2D eigenvalue weighted by atomic mass is 9.95. The van der Waals surface area contributed by atoms with E-state index in [0.717, 1.165) is 62.7 Å². The molecular weight excluding hydrogens is 581 g/mol. The third kappa shape index (κ3) is 7.83. The molecule has 2 aliphatic heterocycles. The van der Waals surface area contributed by atoms with Crippen molar-refractivity contribution >= 4 is 11.8 Å². The van der Waals surface area contributed by atoms with E-state index in [0.29, 0.717) is 37.3 Å². The van der Waals surface area contributed by atoms with Gasteiger partial charge in [-0.2, -0.15) is 0 Å². The molecule has 1 aliphatic carbocycles. The first-order valence-corrected chi connectivity index (χ1v) is 16.2. The van der Waals surface area contributed by atoms with Crippen molar-refractivity contribution in [1.82, 2.24) is 14.8 Å². The topological polar surface area (TPSA) is 77.9 Å². The van der Waals surface area contributed by atoms with Gasteiger partial charge in [-0.1, -0.05) is 32.4 Å². The number of aromatic nitrogens is 1. The fourth-order valence-electron chi connectivity index (χ4n) is 6.82. The van der Waals surface area contributed by atoms with Crippen LogP contribution in [0.1, 0.15) is 86.7 Å². The molecule has 0 radical (unpaired) electrons. The second kappa shape index (κ2) is 14.3. The number of allylic oxidation sites excluding steroid dienone is 4. The van der Waals surface area contributed by atoms with Crippen LogP contribution in [0.4, 0.5) is 19.0 Å². The van der Waals surface area contributed by atoms with Crippen LogP contribution in [0.15, 0.2) is 48.2 Å². The number of pyridine rings is 1. The molecule has 5 rings (SSSR count). The maximum Gasteiger partial charge on any atom is 0.325 e. The molecule has 0 saturated carbocycles. The monoisotopic (exact) mass is 626 g/mol. The molecule has 2 atom stereocenters. The van der Waals surface area contributed by atoms with Gasteiger partial charge in [0, 0.05) is 49.2 Å². The molecule has 7 nitrogen and oxygen atoms in total. The Kier molecular flexibility index (Phi) is 10.4. The van der Waals surface area contributed by atoms with E-state index in [-0.39, 0.29) is 29.7 Å². The summed E-state index contributed by atoms with van der Waals surface area (Å²) in [6, 6.07) is 6.09. The minimum atomic E-state index is -2.93. The highest BCUT2D eigenvalue weighted by molar-refractivity contribution is 5.77. The second-order valence-electron chi connectivity index (χ2n) is 12.8. The van der Waals surface area contributed by atoms with Crippen LogP contribution in [0.5, 0.6) is 5.75 Å². The smallest absolute Gasteiger partial charge is 0.325 e. The van der Waals surface area contributed by atoms with E-state index in [4.69, 9.17) is 9.72 Å². The number of unbranched alkanes of at least 4 members (excludes halogenated alkanes) is 2. The summed E-state index contributed by atoms with van der Waals surface area (Å²) in [6.07, 6.45) is 10.0. The number of hydrogen-bond acceptors (Lipinski definition) is 6. The lowest BCUT2D eigenvalue weighted by molar-refractivity contribution is -0.143. The van der Waals surface area contributed by atoms with Crippen LogP contribution in [0, 0.1) is 5.82 Å². The molecule has 1 aromatic heterocycles. The van der Waals surface area contributed by atoms with Gasteiger partial charge < -0.3 is 20.1 Å². The summed E-state index contributed by atoms with van der Waals surface area (Å²) in [7, 11) is 1.34. The highest BCUT2D eigenvalue weighted by atomic mass is 19.3. The predicted molar refractivity (Wildman–Crippen MR) is 169 cm³/mol. The number of likely N-dealkylation sites (tertiary alicyclic amines) is 1. The van der Waals surface area contributed by atoms with E-state index < -0.39 is 23.8 Å². The number of anilines is 1. The average molecular weight is 627 g/mol. The number of hydrogen-bond donors (Lipinski definition) is 2. The zero-order chi connectivity index (χ0) is 32.1. The highest BCUT2D eigenvalue weighted by Gasteiger charge is 2.40. The van der Waals surface area contributed by atoms with Crippen molar-refractivity contribution in [3.63, 3.8) is 0 Å². The Labute approximate surface area is 264 Å². The normalized spacial score (nSPS) is 20.0. The Balaban J connectivity index is 1.28. The van der Waals surface area contributed by atoms with Gasteiger partial charge in [-0.15, -0.1) is 0 Å². The van der Waals surface area contributed by atoms with Gasteiger partial charge in [-0.25, -0.2) is 18.2 Å². The lowest BCUT2D eigenvalue weighted by Crippen LogP contribution is -2.41. The van der Waals surface area contributed by atoms with E-state index in [1.165, 1.54) is 24.8 Å².